The molecule has 0 spiro atoms. The maximum atomic E-state index is 12.1. The summed E-state index contributed by atoms with van der Waals surface area (Å²) in [5.74, 6) is -0.107. The first kappa shape index (κ1) is 24.0. The number of rotatable bonds is 14. The maximum absolute atomic E-state index is 12.1. The summed E-state index contributed by atoms with van der Waals surface area (Å²) in [6, 6.07) is -0.738. The van der Waals surface area contributed by atoms with E-state index in [9.17, 15) is 9.59 Å². The molecule has 2 atom stereocenters. The minimum Gasteiger partial charge on any atom is -0.540 e. The van der Waals surface area contributed by atoms with Crippen LogP contribution in [-0.2, 0) is 30.7 Å². The maximum Gasteiger partial charge on any atom is 0.235 e. The molecule has 4 N–H and O–H groups in total. The molecular weight excluding hydrogens is 452 g/mol. The molecule has 0 radical (unpaired) electrons. The monoisotopic (exact) mass is 483 g/mol. The number of unbranched alkanes of at least 4 members (excludes halogenated alkanes) is 2. The van der Waals surface area contributed by atoms with Gasteiger partial charge in [-0.1, -0.05) is 25.3 Å². The summed E-state index contributed by atoms with van der Waals surface area (Å²) < 4.78 is 0. The fourth-order valence-electron chi connectivity index (χ4n) is 2.14. The Morgan fingerprint density at radius 1 is 0.955 bits per heavy atom. The van der Waals surface area contributed by atoms with Crippen LogP contribution in [0.15, 0.2) is 0 Å². The van der Waals surface area contributed by atoms with Crippen LogP contribution in [0, 0.1) is 0 Å². The van der Waals surface area contributed by atoms with E-state index in [-0.39, 0.29) is 33.0 Å². The van der Waals surface area contributed by atoms with Gasteiger partial charge in [0.2, 0.25) is 5.91 Å². The number of carbonyl (C=O) groups excluding carboxylic acids is 2. The molecule has 0 saturated carbocycles. The standard InChI is InChI=1S/C15H31N4O2.W/c1-16-10-6-4-8-13(12-20)19-15(21)14(18-3)9-5-7-11-17-2;/h13-14,16-18H,4-11H2,1-3H3,(H,19,21);/q-1;. The summed E-state index contributed by atoms with van der Waals surface area (Å²) in [5, 5.41) is 11.9. The molecule has 0 aliphatic heterocycles. The third-order valence-corrected chi connectivity index (χ3v) is 3.46. The van der Waals surface area contributed by atoms with Crippen molar-refractivity contribution in [2.45, 2.75) is 50.6 Å². The van der Waals surface area contributed by atoms with E-state index in [1.807, 2.05) is 20.4 Å². The first-order valence-corrected chi connectivity index (χ1v) is 7.84. The van der Waals surface area contributed by atoms with Gasteiger partial charge in [0.05, 0.1) is 6.04 Å². The van der Waals surface area contributed by atoms with Crippen LogP contribution in [0.25, 0.3) is 0 Å². The van der Waals surface area contributed by atoms with Crippen LogP contribution in [0.3, 0.4) is 0 Å². The molecule has 2 unspecified atom stereocenters. The summed E-state index contributed by atoms with van der Waals surface area (Å²) in [7, 11) is 5.59. The van der Waals surface area contributed by atoms with Crippen LogP contribution >= 0.6 is 0 Å². The summed E-state index contributed by atoms with van der Waals surface area (Å²) in [6.45, 7) is 1.87. The summed E-state index contributed by atoms with van der Waals surface area (Å²) >= 11 is 0. The van der Waals surface area contributed by atoms with Gasteiger partial charge in [0.25, 0.3) is 0 Å². The first-order valence-electron chi connectivity index (χ1n) is 7.84. The second-order valence-electron chi connectivity index (χ2n) is 5.22. The number of likely N-dealkylation sites (N-methyl/N-ethyl adjacent to an activating group) is 1. The van der Waals surface area contributed by atoms with Gasteiger partial charge in [-0.05, 0) is 53.5 Å². The number of amides is 1. The molecule has 0 aliphatic rings. The van der Waals surface area contributed by atoms with Crippen LogP contribution in [0.4, 0.5) is 0 Å². The molecule has 6 nitrogen and oxygen atoms in total. The van der Waals surface area contributed by atoms with Gasteiger partial charge in [-0.15, -0.1) is 0 Å². The molecule has 0 saturated heterocycles. The zero-order chi connectivity index (χ0) is 15.9. The smallest absolute Gasteiger partial charge is 0.235 e. The van der Waals surface area contributed by atoms with Crippen molar-refractivity contribution in [1.29, 1.82) is 0 Å². The predicted octanol–water partition coefficient (Wildman–Crippen LogP) is -0.0542. The van der Waals surface area contributed by atoms with Crippen LogP contribution in [0.5, 0.6) is 0 Å². The third kappa shape index (κ3) is 12.3. The van der Waals surface area contributed by atoms with E-state index in [4.69, 9.17) is 0 Å². The van der Waals surface area contributed by atoms with Gasteiger partial charge in [0, 0.05) is 21.1 Å². The first-order chi connectivity index (χ1) is 10.2. The molecule has 1 amide bonds. The Balaban J connectivity index is 0. The van der Waals surface area contributed by atoms with Crippen molar-refractivity contribution in [2.75, 3.05) is 34.2 Å². The van der Waals surface area contributed by atoms with Gasteiger partial charge in [-0.25, -0.2) is 6.29 Å². The molecule has 22 heavy (non-hydrogen) atoms. The second-order valence-corrected chi connectivity index (χ2v) is 5.22. The summed E-state index contributed by atoms with van der Waals surface area (Å²) in [4.78, 5) is 23.0. The van der Waals surface area contributed by atoms with Crippen molar-refractivity contribution in [2.24, 2.45) is 0 Å². The zero-order valence-corrected chi connectivity index (χ0v) is 17.0. The number of hydrogen-bond donors (Lipinski definition) is 4. The Bertz CT molecular complexity index is 280. The van der Waals surface area contributed by atoms with Gasteiger partial charge in [0.15, 0.2) is 0 Å². The minimum absolute atomic E-state index is 0. The number of carbonyl (C=O) groups is 1. The van der Waals surface area contributed by atoms with Gasteiger partial charge in [-0.3, -0.25) is 4.79 Å². The van der Waals surface area contributed by atoms with E-state index in [0.29, 0.717) is 6.42 Å². The van der Waals surface area contributed by atoms with E-state index in [1.165, 1.54) is 0 Å². The van der Waals surface area contributed by atoms with Crippen molar-refractivity contribution >= 4 is 12.2 Å². The van der Waals surface area contributed by atoms with E-state index < -0.39 is 6.04 Å². The van der Waals surface area contributed by atoms with Gasteiger partial charge in [-0.2, -0.15) is 0 Å². The molecule has 0 aliphatic carbocycles. The molecule has 0 rings (SSSR count). The third-order valence-electron chi connectivity index (χ3n) is 3.46. The average molecular weight is 483 g/mol. The molecule has 0 aromatic carbocycles. The van der Waals surface area contributed by atoms with Crippen LogP contribution in [0.1, 0.15) is 38.5 Å². The molecule has 0 bridgehead atoms. The molecule has 0 fully saturated rings. The second kappa shape index (κ2) is 17.1. The van der Waals surface area contributed by atoms with Gasteiger partial charge in [0.1, 0.15) is 0 Å². The molecule has 7 heteroatoms. The SMILES string of the molecule is CNCCCCC([C-]=O)NC(=O)C(CCCCNC)NC.[W]. The Hall–Kier alpha value is -0.292. The molecule has 0 aromatic heterocycles. The summed E-state index contributed by atoms with van der Waals surface area (Å²) in [6.07, 6.45) is 7.24. The van der Waals surface area contributed by atoms with E-state index >= 15 is 0 Å². The molecule has 130 valence electrons. The normalized spacial score (nSPS) is 13.0. The minimum atomic E-state index is -0.498. The van der Waals surface area contributed by atoms with E-state index in [0.717, 1.165) is 45.2 Å². The van der Waals surface area contributed by atoms with Crippen molar-refractivity contribution in [3.8, 4) is 0 Å². The number of hydrogen-bond acceptors (Lipinski definition) is 5. The van der Waals surface area contributed by atoms with Gasteiger partial charge < -0.3 is 26.1 Å². The Kier molecular flexibility index (Phi) is 18.6. The molecular formula is C15H31N4O2W-. The topological polar surface area (TPSA) is 82.3 Å². The Labute approximate surface area is 149 Å². The summed E-state index contributed by atoms with van der Waals surface area (Å²) in [5.41, 5.74) is 0. The quantitative estimate of drug-likeness (QED) is 0.206. The number of nitrogens with one attached hydrogen (secondary N) is 4. The largest absolute Gasteiger partial charge is 0.540 e. The van der Waals surface area contributed by atoms with Gasteiger partial charge >= 0.3 is 0 Å². The van der Waals surface area contributed by atoms with Crippen molar-refractivity contribution in [3.05, 3.63) is 0 Å². The Morgan fingerprint density at radius 2 is 1.50 bits per heavy atom. The van der Waals surface area contributed by atoms with Crippen LogP contribution < -0.4 is 21.3 Å². The zero-order valence-electron chi connectivity index (χ0n) is 14.0. The predicted molar refractivity (Wildman–Crippen MR) is 86.0 cm³/mol. The fraction of sp³-hybridized carbons (Fsp3) is 0.867. The molecule has 0 aromatic rings. The van der Waals surface area contributed by atoms with Crippen molar-refractivity contribution < 1.29 is 30.7 Å². The molecule has 0 heterocycles. The van der Waals surface area contributed by atoms with Crippen molar-refractivity contribution in [3.63, 3.8) is 0 Å². The fourth-order valence-corrected chi connectivity index (χ4v) is 2.14. The Morgan fingerprint density at radius 3 is 1.95 bits per heavy atom. The van der Waals surface area contributed by atoms with Crippen molar-refractivity contribution in [1.82, 2.24) is 21.3 Å². The average Bonchev–Trinajstić information content (AvgIpc) is 2.50. The van der Waals surface area contributed by atoms with E-state index in [1.54, 1.807) is 7.05 Å². The van der Waals surface area contributed by atoms with E-state index in [2.05, 4.69) is 21.3 Å². The van der Waals surface area contributed by atoms with Crippen LogP contribution in [-0.4, -0.2) is 58.5 Å². The van der Waals surface area contributed by atoms with Crippen LogP contribution in [0.2, 0.25) is 0 Å².